The smallest absolute Gasteiger partial charge is 0.186 e. The second-order valence-corrected chi connectivity index (χ2v) is 2.91. The van der Waals surface area contributed by atoms with Gasteiger partial charge in [-0.1, -0.05) is 0 Å². The van der Waals surface area contributed by atoms with E-state index in [-0.39, 0.29) is 6.61 Å². The van der Waals surface area contributed by atoms with Gasteiger partial charge in [0, 0.05) is 21.3 Å². The molecule has 1 rings (SSSR count). The van der Waals surface area contributed by atoms with Crippen molar-refractivity contribution >= 4 is 0 Å². The fraction of sp³-hybridized carbons (Fsp3) is 1.00. The van der Waals surface area contributed by atoms with Crippen molar-refractivity contribution in [3.8, 4) is 0 Å². The van der Waals surface area contributed by atoms with E-state index in [2.05, 4.69) is 0 Å². The van der Waals surface area contributed by atoms with Crippen molar-refractivity contribution in [2.75, 3.05) is 27.9 Å². The third-order valence-electron chi connectivity index (χ3n) is 2.18. The highest BCUT2D eigenvalue weighted by Gasteiger charge is 2.40. The van der Waals surface area contributed by atoms with Crippen LogP contribution >= 0.6 is 0 Å². The fourth-order valence-corrected chi connectivity index (χ4v) is 1.50. The maximum atomic E-state index is 9.50. The van der Waals surface area contributed by atoms with Gasteiger partial charge in [-0.2, -0.15) is 0 Å². The molecule has 1 N–H and O–H groups in total. The van der Waals surface area contributed by atoms with Crippen molar-refractivity contribution in [1.29, 1.82) is 0 Å². The third-order valence-corrected chi connectivity index (χ3v) is 2.18. The molecule has 0 radical (unpaired) electrons. The molecule has 0 saturated carbocycles. The number of ether oxygens (including phenoxy) is 4. The number of aliphatic hydroxyl groups excluding tert-OH is 1. The minimum atomic E-state index is -0.665. The summed E-state index contributed by atoms with van der Waals surface area (Å²) >= 11 is 0. The van der Waals surface area contributed by atoms with Gasteiger partial charge in [0.1, 0.15) is 18.3 Å². The van der Waals surface area contributed by atoms with Crippen LogP contribution in [0.4, 0.5) is 0 Å². The first-order valence-electron chi connectivity index (χ1n) is 4.12. The van der Waals surface area contributed by atoms with E-state index < -0.39 is 24.6 Å². The lowest BCUT2D eigenvalue weighted by Gasteiger charge is -2.38. The van der Waals surface area contributed by atoms with Gasteiger partial charge in [-0.15, -0.1) is 0 Å². The number of hydrogen-bond donors (Lipinski definition) is 1. The molecule has 0 aliphatic carbocycles. The standard InChI is InChI=1S/C8H16O5/c1-10-6-5(9)4-13-8(12-3)7(6)11-2/h5-9H,4H2,1-3H3/t5-,6-,7+,8-/m0/s1. The van der Waals surface area contributed by atoms with Crippen LogP contribution in [0, 0.1) is 0 Å². The van der Waals surface area contributed by atoms with Gasteiger partial charge in [0.15, 0.2) is 6.29 Å². The minimum absolute atomic E-state index is 0.205. The second-order valence-electron chi connectivity index (χ2n) is 2.91. The summed E-state index contributed by atoms with van der Waals surface area (Å²) in [5.74, 6) is 0. The van der Waals surface area contributed by atoms with Crippen molar-refractivity contribution in [1.82, 2.24) is 0 Å². The first-order valence-corrected chi connectivity index (χ1v) is 4.12. The van der Waals surface area contributed by atoms with Crippen molar-refractivity contribution in [2.45, 2.75) is 24.6 Å². The number of hydrogen-bond acceptors (Lipinski definition) is 5. The fourth-order valence-electron chi connectivity index (χ4n) is 1.50. The molecule has 0 amide bonds. The van der Waals surface area contributed by atoms with E-state index in [0.29, 0.717) is 0 Å². The van der Waals surface area contributed by atoms with Gasteiger partial charge in [-0.25, -0.2) is 0 Å². The summed E-state index contributed by atoms with van der Waals surface area (Å²) in [6.45, 7) is 0.205. The van der Waals surface area contributed by atoms with Crippen LogP contribution in [0.5, 0.6) is 0 Å². The van der Waals surface area contributed by atoms with Gasteiger partial charge >= 0.3 is 0 Å². The first kappa shape index (κ1) is 10.9. The highest BCUT2D eigenvalue weighted by Crippen LogP contribution is 2.20. The van der Waals surface area contributed by atoms with Crippen LogP contribution in [0.25, 0.3) is 0 Å². The minimum Gasteiger partial charge on any atom is -0.388 e. The molecule has 5 nitrogen and oxygen atoms in total. The maximum absolute atomic E-state index is 9.50. The van der Waals surface area contributed by atoms with Crippen LogP contribution in [0.3, 0.4) is 0 Å². The molecule has 0 unspecified atom stereocenters. The van der Waals surface area contributed by atoms with Crippen molar-refractivity contribution in [3.63, 3.8) is 0 Å². The van der Waals surface area contributed by atoms with Crippen molar-refractivity contribution in [3.05, 3.63) is 0 Å². The monoisotopic (exact) mass is 192 g/mol. The van der Waals surface area contributed by atoms with Gasteiger partial charge in [0.25, 0.3) is 0 Å². The molecule has 0 spiro atoms. The highest BCUT2D eigenvalue weighted by atomic mass is 16.7. The lowest BCUT2D eigenvalue weighted by molar-refractivity contribution is -0.272. The topological polar surface area (TPSA) is 57.2 Å². The zero-order chi connectivity index (χ0) is 9.84. The number of aliphatic hydroxyl groups is 1. The van der Waals surface area contributed by atoms with Gasteiger partial charge < -0.3 is 24.1 Å². The third kappa shape index (κ3) is 2.18. The Labute approximate surface area is 77.5 Å². The van der Waals surface area contributed by atoms with E-state index in [1.54, 1.807) is 0 Å². The lowest BCUT2D eigenvalue weighted by Crippen LogP contribution is -2.55. The Morgan fingerprint density at radius 1 is 1.08 bits per heavy atom. The van der Waals surface area contributed by atoms with E-state index in [0.717, 1.165) is 0 Å². The normalized spacial score (nSPS) is 40.6. The maximum Gasteiger partial charge on any atom is 0.186 e. The lowest BCUT2D eigenvalue weighted by atomic mass is 10.1. The largest absolute Gasteiger partial charge is 0.388 e. The summed E-state index contributed by atoms with van der Waals surface area (Å²) in [6.07, 6.45) is -1.93. The molecule has 0 aromatic heterocycles. The van der Waals surface area contributed by atoms with Crippen molar-refractivity contribution in [2.24, 2.45) is 0 Å². The summed E-state index contributed by atoms with van der Waals surface area (Å²) in [4.78, 5) is 0. The van der Waals surface area contributed by atoms with E-state index in [1.807, 2.05) is 0 Å². The Balaban J connectivity index is 2.64. The molecule has 0 aromatic carbocycles. The van der Waals surface area contributed by atoms with Gasteiger partial charge in [-0.05, 0) is 0 Å². The van der Waals surface area contributed by atoms with E-state index in [4.69, 9.17) is 18.9 Å². The molecule has 1 aliphatic rings. The van der Waals surface area contributed by atoms with Gasteiger partial charge in [0.2, 0.25) is 0 Å². The molecule has 0 bridgehead atoms. The van der Waals surface area contributed by atoms with Gasteiger partial charge in [-0.3, -0.25) is 0 Å². The Bertz CT molecular complexity index is 151. The second kappa shape index (κ2) is 4.88. The summed E-state index contributed by atoms with van der Waals surface area (Å²) in [5, 5.41) is 9.50. The zero-order valence-corrected chi connectivity index (χ0v) is 8.10. The van der Waals surface area contributed by atoms with Crippen molar-refractivity contribution < 1.29 is 24.1 Å². The van der Waals surface area contributed by atoms with Crippen LogP contribution < -0.4 is 0 Å². The Hall–Kier alpha value is -0.200. The first-order chi connectivity index (χ1) is 6.24. The molecule has 78 valence electrons. The summed E-state index contributed by atoms with van der Waals surface area (Å²) in [7, 11) is 4.59. The van der Waals surface area contributed by atoms with Crippen LogP contribution in [-0.4, -0.2) is 57.6 Å². The molecule has 13 heavy (non-hydrogen) atoms. The molecular formula is C8H16O5. The summed E-state index contributed by atoms with van der Waals surface area (Å²) in [5.41, 5.74) is 0. The average molecular weight is 192 g/mol. The van der Waals surface area contributed by atoms with E-state index >= 15 is 0 Å². The zero-order valence-electron chi connectivity index (χ0n) is 8.10. The Morgan fingerprint density at radius 2 is 1.69 bits per heavy atom. The SMILES string of the molecule is CO[C@H]1OC[C@H](O)[C@H](OC)[C@H]1OC. The van der Waals surface area contributed by atoms with E-state index in [1.165, 1.54) is 21.3 Å². The number of methoxy groups -OCH3 is 3. The molecule has 5 heteroatoms. The molecular weight excluding hydrogens is 176 g/mol. The molecule has 0 aromatic rings. The summed E-state index contributed by atoms with van der Waals surface area (Å²) in [6, 6.07) is 0. The Kier molecular flexibility index (Phi) is 4.08. The van der Waals surface area contributed by atoms with Gasteiger partial charge in [0.05, 0.1) is 6.61 Å². The molecule has 1 fully saturated rings. The van der Waals surface area contributed by atoms with Crippen LogP contribution in [0.15, 0.2) is 0 Å². The quantitative estimate of drug-likeness (QED) is 0.646. The predicted molar refractivity (Wildman–Crippen MR) is 44.3 cm³/mol. The van der Waals surface area contributed by atoms with E-state index in [9.17, 15) is 5.11 Å². The molecule has 1 saturated heterocycles. The molecule has 1 heterocycles. The summed E-state index contributed by atoms with van der Waals surface area (Å²) < 4.78 is 20.5. The highest BCUT2D eigenvalue weighted by molar-refractivity contribution is 4.84. The van der Waals surface area contributed by atoms with Crippen LogP contribution in [0.2, 0.25) is 0 Å². The average Bonchev–Trinajstić information content (AvgIpc) is 2.17. The predicted octanol–water partition coefficient (Wildman–Crippen LogP) is -0.620. The number of rotatable bonds is 3. The molecule has 1 aliphatic heterocycles. The Morgan fingerprint density at radius 3 is 2.15 bits per heavy atom. The van der Waals surface area contributed by atoms with Crippen LogP contribution in [0.1, 0.15) is 0 Å². The molecule has 4 atom stereocenters. The van der Waals surface area contributed by atoms with Crippen LogP contribution in [-0.2, 0) is 18.9 Å².